The van der Waals surface area contributed by atoms with Crippen LogP contribution < -0.4 is 5.32 Å². The number of nitrogens with one attached hydrogen (secondary N) is 1. The van der Waals surface area contributed by atoms with Gasteiger partial charge >= 0.3 is 0 Å². The first-order chi connectivity index (χ1) is 6.95. The lowest BCUT2D eigenvalue weighted by Gasteiger charge is -2.24. The van der Waals surface area contributed by atoms with Gasteiger partial charge in [0.25, 0.3) is 0 Å². The smallest absolute Gasteiger partial charge is 0.0413 e. The normalized spacial score (nSPS) is 13.3. The minimum absolute atomic E-state index is 0.171. The zero-order valence-corrected chi connectivity index (χ0v) is 10.2. The Morgan fingerprint density at radius 3 is 2.40 bits per heavy atom. The van der Waals surface area contributed by atoms with Crippen LogP contribution in [0.1, 0.15) is 33.3 Å². The maximum atomic E-state index is 3.79. The fourth-order valence-corrected chi connectivity index (χ4v) is 1.57. The Morgan fingerprint density at radius 2 is 1.87 bits per heavy atom. The highest BCUT2D eigenvalue weighted by atomic mass is 14.9. The van der Waals surface area contributed by atoms with Crippen molar-refractivity contribution in [3.8, 4) is 0 Å². The molecule has 0 aliphatic heterocycles. The molecule has 0 amide bonds. The van der Waals surface area contributed by atoms with Gasteiger partial charge in [0.15, 0.2) is 0 Å². The monoisotopic (exact) mass is 203 g/mol. The Hall–Kier alpha value is -1.24. The van der Waals surface area contributed by atoms with Crippen LogP contribution in [0.4, 0.5) is 5.69 Å². The Kier molecular flexibility index (Phi) is 3.57. The summed E-state index contributed by atoms with van der Waals surface area (Å²) >= 11 is 0. The van der Waals surface area contributed by atoms with Crippen molar-refractivity contribution in [3.05, 3.63) is 42.5 Å². The van der Waals surface area contributed by atoms with E-state index in [9.17, 15) is 0 Å². The maximum absolute atomic E-state index is 3.79. The van der Waals surface area contributed by atoms with Crippen molar-refractivity contribution in [1.29, 1.82) is 0 Å². The quantitative estimate of drug-likeness (QED) is 0.733. The molecule has 0 aliphatic carbocycles. The molecule has 0 saturated heterocycles. The first-order valence-corrected chi connectivity index (χ1v) is 5.43. The van der Waals surface area contributed by atoms with Crippen molar-refractivity contribution >= 4 is 5.69 Å². The summed E-state index contributed by atoms with van der Waals surface area (Å²) in [7, 11) is 0. The van der Waals surface area contributed by atoms with Crippen LogP contribution >= 0.6 is 0 Å². The second-order valence-corrected chi connectivity index (χ2v) is 4.96. The van der Waals surface area contributed by atoms with Gasteiger partial charge in [0.2, 0.25) is 0 Å². The van der Waals surface area contributed by atoms with Crippen LogP contribution in [-0.2, 0) is 5.41 Å². The highest BCUT2D eigenvalue weighted by molar-refractivity contribution is 5.55. The second kappa shape index (κ2) is 4.52. The first-order valence-electron chi connectivity index (χ1n) is 5.43. The molecule has 0 bridgehead atoms. The van der Waals surface area contributed by atoms with E-state index in [-0.39, 0.29) is 5.41 Å². The lowest BCUT2D eigenvalue weighted by molar-refractivity contribution is 0.591. The minimum Gasteiger partial charge on any atom is -0.379 e. The van der Waals surface area contributed by atoms with E-state index in [1.165, 1.54) is 11.3 Å². The molecule has 15 heavy (non-hydrogen) atoms. The van der Waals surface area contributed by atoms with E-state index in [1.54, 1.807) is 0 Å². The molecule has 1 aromatic carbocycles. The van der Waals surface area contributed by atoms with Gasteiger partial charge in [0, 0.05) is 11.7 Å². The summed E-state index contributed by atoms with van der Waals surface area (Å²) in [6, 6.07) is 8.75. The van der Waals surface area contributed by atoms with Gasteiger partial charge in [-0.15, -0.1) is 6.58 Å². The van der Waals surface area contributed by atoms with E-state index in [0.29, 0.717) is 6.04 Å². The van der Waals surface area contributed by atoms with Gasteiger partial charge in [-0.3, -0.25) is 0 Å². The number of hydrogen-bond acceptors (Lipinski definition) is 1. The molecule has 1 atom stereocenters. The maximum Gasteiger partial charge on any atom is 0.0413 e. The lowest BCUT2D eigenvalue weighted by atomic mass is 9.85. The van der Waals surface area contributed by atoms with E-state index in [2.05, 4.69) is 63.9 Å². The number of rotatable bonds is 3. The Labute approximate surface area is 93.2 Å². The molecule has 0 spiro atoms. The molecular formula is C14H21N. The molecule has 0 fully saturated rings. The van der Waals surface area contributed by atoms with Crippen molar-refractivity contribution in [2.45, 2.75) is 39.2 Å². The van der Waals surface area contributed by atoms with Crippen LogP contribution in [0.5, 0.6) is 0 Å². The van der Waals surface area contributed by atoms with Crippen molar-refractivity contribution in [2.24, 2.45) is 0 Å². The van der Waals surface area contributed by atoms with E-state index >= 15 is 0 Å². The fourth-order valence-electron chi connectivity index (χ4n) is 1.57. The summed E-state index contributed by atoms with van der Waals surface area (Å²) in [5.74, 6) is 0. The molecule has 1 rings (SSSR count). The fraction of sp³-hybridized carbons (Fsp3) is 0.429. The molecule has 0 radical (unpaired) electrons. The molecule has 0 aromatic heterocycles. The predicted octanol–water partition coefficient (Wildman–Crippen LogP) is 3.97. The third kappa shape index (κ3) is 3.12. The minimum atomic E-state index is 0.171. The molecule has 1 unspecified atom stereocenters. The summed E-state index contributed by atoms with van der Waals surface area (Å²) in [6.45, 7) is 12.6. The third-order valence-electron chi connectivity index (χ3n) is 2.47. The van der Waals surface area contributed by atoms with Crippen LogP contribution in [0.25, 0.3) is 0 Å². The third-order valence-corrected chi connectivity index (χ3v) is 2.47. The van der Waals surface area contributed by atoms with Gasteiger partial charge in [-0.25, -0.2) is 0 Å². The molecule has 0 aliphatic rings. The van der Waals surface area contributed by atoms with Gasteiger partial charge in [-0.1, -0.05) is 45.0 Å². The van der Waals surface area contributed by atoms with Crippen molar-refractivity contribution in [1.82, 2.24) is 0 Å². The summed E-state index contributed by atoms with van der Waals surface area (Å²) in [5, 5.41) is 3.45. The number of para-hydroxylation sites is 1. The van der Waals surface area contributed by atoms with E-state index in [4.69, 9.17) is 0 Å². The second-order valence-electron chi connectivity index (χ2n) is 4.96. The topological polar surface area (TPSA) is 12.0 Å². The number of anilines is 1. The molecule has 0 heterocycles. The summed E-state index contributed by atoms with van der Waals surface area (Å²) < 4.78 is 0. The van der Waals surface area contributed by atoms with Crippen LogP contribution in [0.15, 0.2) is 36.9 Å². The summed E-state index contributed by atoms with van der Waals surface area (Å²) in [4.78, 5) is 0. The van der Waals surface area contributed by atoms with E-state index in [1.807, 2.05) is 6.08 Å². The van der Waals surface area contributed by atoms with E-state index in [0.717, 1.165) is 0 Å². The average Bonchev–Trinajstić information content (AvgIpc) is 2.17. The predicted molar refractivity (Wildman–Crippen MR) is 68.4 cm³/mol. The van der Waals surface area contributed by atoms with Crippen molar-refractivity contribution in [3.63, 3.8) is 0 Å². The Bertz CT molecular complexity index is 333. The first kappa shape index (κ1) is 11.8. The van der Waals surface area contributed by atoms with Gasteiger partial charge in [0.05, 0.1) is 0 Å². The molecule has 1 heteroatoms. The average molecular weight is 203 g/mol. The number of benzene rings is 1. The molecule has 0 saturated carbocycles. The van der Waals surface area contributed by atoms with Gasteiger partial charge in [-0.05, 0) is 24.0 Å². The van der Waals surface area contributed by atoms with Crippen LogP contribution in [0.2, 0.25) is 0 Å². The van der Waals surface area contributed by atoms with Gasteiger partial charge in [0.1, 0.15) is 0 Å². The zero-order chi connectivity index (χ0) is 11.5. The van der Waals surface area contributed by atoms with Crippen LogP contribution in [0, 0.1) is 0 Å². The SMILES string of the molecule is C=CC(C)Nc1ccccc1C(C)(C)C. The highest BCUT2D eigenvalue weighted by Gasteiger charge is 2.17. The van der Waals surface area contributed by atoms with Crippen LogP contribution in [0.3, 0.4) is 0 Å². The molecular weight excluding hydrogens is 182 g/mol. The van der Waals surface area contributed by atoms with Crippen molar-refractivity contribution in [2.75, 3.05) is 5.32 Å². The number of hydrogen-bond donors (Lipinski definition) is 1. The Balaban J connectivity index is 3.02. The molecule has 1 nitrogen and oxygen atoms in total. The van der Waals surface area contributed by atoms with Gasteiger partial charge in [-0.2, -0.15) is 0 Å². The highest BCUT2D eigenvalue weighted by Crippen LogP contribution is 2.29. The largest absolute Gasteiger partial charge is 0.379 e. The Morgan fingerprint density at radius 1 is 1.27 bits per heavy atom. The van der Waals surface area contributed by atoms with Gasteiger partial charge < -0.3 is 5.32 Å². The molecule has 1 aromatic rings. The van der Waals surface area contributed by atoms with E-state index < -0.39 is 0 Å². The molecule has 1 N–H and O–H groups in total. The molecule has 82 valence electrons. The zero-order valence-electron chi connectivity index (χ0n) is 10.2. The van der Waals surface area contributed by atoms with Crippen LogP contribution in [-0.4, -0.2) is 6.04 Å². The standard InChI is InChI=1S/C14H21N/c1-6-11(2)15-13-10-8-7-9-12(13)14(3,4)5/h6-11,15H,1H2,2-5H3. The summed E-state index contributed by atoms with van der Waals surface area (Å²) in [5.41, 5.74) is 2.72. The lowest BCUT2D eigenvalue weighted by Crippen LogP contribution is -2.18. The summed E-state index contributed by atoms with van der Waals surface area (Å²) in [6.07, 6.45) is 1.92. The van der Waals surface area contributed by atoms with Crippen molar-refractivity contribution < 1.29 is 0 Å².